The van der Waals surface area contributed by atoms with E-state index in [0.29, 0.717) is 22.4 Å². The summed E-state index contributed by atoms with van der Waals surface area (Å²) in [6.45, 7) is 2.04. The number of nitrogens with one attached hydrogen (secondary N) is 1. The summed E-state index contributed by atoms with van der Waals surface area (Å²) in [4.78, 5) is 12.6. The van der Waals surface area contributed by atoms with Gasteiger partial charge in [0.05, 0.1) is 12.2 Å². The highest BCUT2D eigenvalue weighted by Gasteiger charge is 2.30. The number of anilines is 1. The summed E-state index contributed by atoms with van der Waals surface area (Å²) in [5.41, 5.74) is -0.107. The molecular formula is C26H19ClF4N2O2. The highest BCUT2D eigenvalue weighted by molar-refractivity contribution is 6.31. The lowest BCUT2D eigenvalue weighted by Crippen LogP contribution is -2.14. The fraction of sp³-hybridized carbons (Fsp3) is 0.154. The Kier molecular flexibility index (Phi) is 8.15. The molecule has 0 saturated carbocycles. The number of amides is 1. The Hall–Kier alpha value is -3.83. The van der Waals surface area contributed by atoms with Crippen LogP contribution in [0.4, 0.5) is 23.2 Å². The lowest BCUT2D eigenvalue weighted by Gasteiger charge is -2.14. The van der Waals surface area contributed by atoms with Gasteiger partial charge in [-0.1, -0.05) is 35.9 Å². The van der Waals surface area contributed by atoms with Crippen LogP contribution in [0.1, 0.15) is 29.2 Å². The minimum absolute atomic E-state index is 0.112. The number of alkyl halides is 3. The van der Waals surface area contributed by atoms with Crippen LogP contribution in [0.25, 0.3) is 6.08 Å². The highest BCUT2D eigenvalue weighted by atomic mass is 35.5. The molecule has 1 amide bonds. The number of rotatable bonds is 7. The Morgan fingerprint density at radius 1 is 1.14 bits per heavy atom. The maximum atomic E-state index is 14.1. The Balaban J connectivity index is 1.91. The van der Waals surface area contributed by atoms with Crippen molar-refractivity contribution >= 4 is 29.3 Å². The van der Waals surface area contributed by atoms with Crippen LogP contribution >= 0.6 is 11.6 Å². The van der Waals surface area contributed by atoms with Crippen molar-refractivity contribution in [3.8, 4) is 11.8 Å². The van der Waals surface area contributed by atoms with Gasteiger partial charge >= 0.3 is 6.18 Å². The first kappa shape index (κ1) is 25.8. The zero-order valence-electron chi connectivity index (χ0n) is 18.4. The molecule has 1 N–H and O–H groups in total. The van der Waals surface area contributed by atoms with Crippen LogP contribution in [0.3, 0.4) is 0 Å². The van der Waals surface area contributed by atoms with Gasteiger partial charge in [0.25, 0.3) is 5.91 Å². The Bertz CT molecular complexity index is 1310. The van der Waals surface area contributed by atoms with Crippen LogP contribution in [-0.4, -0.2) is 12.5 Å². The van der Waals surface area contributed by atoms with Gasteiger partial charge in [-0.15, -0.1) is 0 Å². The van der Waals surface area contributed by atoms with E-state index in [0.717, 1.165) is 18.2 Å². The van der Waals surface area contributed by atoms with E-state index in [2.05, 4.69) is 5.32 Å². The maximum Gasteiger partial charge on any atom is 0.416 e. The fourth-order valence-corrected chi connectivity index (χ4v) is 3.58. The average Bonchev–Trinajstić information content (AvgIpc) is 2.80. The monoisotopic (exact) mass is 502 g/mol. The molecule has 0 spiro atoms. The van der Waals surface area contributed by atoms with Gasteiger partial charge in [0.1, 0.15) is 23.2 Å². The number of benzene rings is 3. The van der Waals surface area contributed by atoms with E-state index in [4.69, 9.17) is 16.3 Å². The molecule has 0 saturated heterocycles. The van der Waals surface area contributed by atoms with Gasteiger partial charge in [0.15, 0.2) is 0 Å². The third kappa shape index (κ3) is 6.61. The van der Waals surface area contributed by atoms with E-state index in [1.54, 1.807) is 37.3 Å². The molecule has 0 heterocycles. The van der Waals surface area contributed by atoms with Gasteiger partial charge in [0.2, 0.25) is 0 Å². The number of carbonyl (C=O) groups is 1. The molecule has 3 aromatic carbocycles. The fourth-order valence-electron chi connectivity index (χ4n) is 3.29. The summed E-state index contributed by atoms with van der Waals surface area (Å²) in [6.07, 6.45) is -3.18. The standard InChI is InChI=1S/C26H19ClF4N2O2/c1-2-35-24-12-16(11-22(27)21(24)13-17-6-3-4-9-23(17)28)10-18(15-32)25(34)33-20-8-5-7-19(14-20)26(29,30)31/h3-12,14H,2,13H2,1H3,(H,33,34)/b18-10+. The molecule has 0 bridgehead atoms. The summed E-state index contributed by atoms with van der Waals surface area (Å²) >= 11 is 6.45. The molecule has 0 aromatic heterocycles. The van der Waals surface area contributed by atoms with Crippen molar-refractivity contribution < 1.29 is 27.1 Å². The van der Waals surface area contributed by atoms with Gasteiger partial charge in [-0.2, -0.15) is 18.4 Å². The molecule has 0 aliphatic rings. The van der Waals surface area contributed by atoms with Crippen LogP contribution in [0.2, 0.25) is 5.02 Å². The van der Waals surface area contributed by atoms with Gasteiger partial charge < -0.3 is 10.1 Å². The lowest BCUT2D eigenvalue weighted by molar-refractivity contribution is -0.137. The van der Waals surface area contributed by atoms with E-state index in [-0.39, 0.29) is 29.3 Å². The van der Waals surface area contributed by atoms with Crippen molar-refractivity contribution in [3.05, 3.63) is 99.3 Å². The Morgan fingerprint density at radius 2 is 1.89 bits per heavy atom. The van der Waals surface area contributed by atoms with Crippen molar-refractivity contribution in [2.24, 2.45) is 0 Å². The molecule has 0 aliphatic carbocycles. The van der Waals surface area contributed by atoms with E-state index in [1.807, 2.05) is 0 Å². The predicted octanol–water partition coefficient (Wildman–Crippen LogP) is 7.03. The van der Waals surface area contributed by atoms with E-state index in [9.17, 15) is 27.6 Å². The van der Waals surface area contributed by atoms with Gasteiger partial charge in [0, 0.05) is 22.7 Å². The topological polar surface area (TPSA) is 62.1 Å². The summed E-state index contributed by atoms with van der Waals surface area (Å²) in [5.74, 6) is -0.936. The van der Waals surface area contributed by atoms with Crippen molar-refractivity contribution in [2.45, 2.75) is 19.5 Å². The number of hydrogen-bond donors (Lipinski definition) is 1. The summed E-state index contributed by atoms with van der Waals surface area (Å²) in [7, 11) is 0. The number of carbonyl (C=O) groups excluding carboxylic acids is 1. The van der Waals surface area contributed by atoms with E-state index < -0.39 is 23.5 Å². The molecule has 0 fully saturated rings. The van der Waals surface area contributed by atoms with Crippen molar-refractivity contribution in [3.63, 3.8) is 0 Å². The first-order valence-electron chi connectivity index (χ1n) is 10.4. The van der Waals surface area contributed by atoms with Crippen LogP contribution in [0, 0.1) is 17.1 Å². The second-order valence-electron chi connectivity index (χ2n) is 7.38. The second kappa shape index (κ2) is 11.1. The molecule has 35 heavy (non-hydrogen) atoms. The third-order valence-electron chi connectivity index (χ3n) is 4.93. The molecule has 3 aromatic rings. The van der Waals surface area contributed by atoms with Crippen molar-refractivity contribution in [1.82, 2.24) is 0 Å². The first-order chi connectivity index (χ1) is 16.6. The molecule has 180 valence electrons. The molecule has 0 aliphatic heterocycles. The largest absolute Gasteiger partial charge is 0.494 e. The zero-order valence-corrected chi connectivity index (χ0v) is 19.2. The van der Waals surface area contributed by atoms with Gasteiger partial charge in [-0.05, 0) is 60.5 Å². The quantitative estimate of drug-likeness (QED) is 0.214. The maximum absolute atomic E-state index is 14.1. The molecule has 3 rings (SSSR count). The van der Waals surface area contributed by atoms with Crippen LogP contribution in [-0.2, 0) is 17.4 Å². The lowest BCUT2D eigenvalue weighted by atomic mass is 10.0. The van der Waals surface area contributed by atoms with E-state index in [1.165, 1.54) is 24.3 Å². The number of nitriles is 1. The van der Waals surface area contributed by atoms with E-state index >= 15 is 0 Å². The third-order valence-corrected chi connectivity index (χ3v) is 5.26. The highest BCUT2D eigenvalue weighted by Crippen LogP contribution is 2.33. The Morgan fingerprint density at radius 3 is 2.54 bits per heavy atom. The molecular weight excluding hydrogens is 484 g/mol. The number of nitrogens with zero attached hydrogens (tertiary/aromatic N) is 1. The Labute approximate surface area is 204 Å². The number of hydrogen-bond acceptors (Lipinski definition) is 3. The van der Waals surface area contributed by atoms with Gasteiger partial charge in [-0.3, -0.25) is 4.79 Å². The average molecular weight is 503 g/mol. The minimum Gasteiger partial charge on any atom is -0.494 e. The summed E-state index contributed by atoms with van der Waals surface area (Å²) in [6, 6.07) is 15.1. The second-order valence-corrected chi connectivity index (χ2v) is 7.79. The smallest absolute Gasteiger partial charge is 0.416 e. The zero-order chi connectivity index (χ0) is 25.6. The molecule has 9 heteroatoms. The number of halogens is 5. The molecule has 4 nitrogen and oxygen atoms in total. The molecule has 0 radical (unpaired) electrons. The van der Waals surface area contributed by atoms with Crippen LogP contribution in [0.15, 0.2) is 66.2 Å². The van der Waals surface area contributed by atoms with Crippen LogP contribution < -0.4 is 10.1 Å². The van der Waals surface area contributed by atoms with Crippen LogP contribution in [0.5, 0.6) is 5.75 Å². The first-order valence-corrected chi connectivity index (χ1v) is 10.8. The number of ether oxygens (including phenoxy) is 1. The molecule has 0 atom stereocenters. The van der Waals surface area contributed by atoms with Crippen molar-refractivity contribution in [2.75, 3.05) is 11.9 Å². The molecule has 0 unspecified atom stereocenters. The van der Waals surface area contributed by atoms with Gasteiger partial charge in [-0.25, -0.2) is 4.39 Å². The normalized spacial score (nSPS) is 11.6. The SMILES string of the molecule is CCOc1cc(/C=C(\C#N)C(=O)Nc2cccc(C(F)(F)F)c2)cc(Cl)c1Cc1ccccc1F. The predicted molar refractivity (Wildman–Crippen MR) is 125 cm³/mol. The van der Waals surface area contributed by atoms with Crippen molar-refractivity contribution in [1.29, 1.82) is 5.26 Å². The summed E-state index contributed by atoms with van der Waals surface area (Å²) in [5, 5.41) is 12.0. The summed E-state index contributed by atoms with van der Waals surface area (Å²) < 4.78 is 58.6. The minimum atomic E-state index is -4.58.